The Morgan fingerprint density at radius 3 is 2.46 bits per heavy atom. The van der Waals surface area contributed by atoms with Gasteiger partial charge in [0, 0.05) is 31.3 Å². The van der Waals surface area contributed by atoms with Crippen molar-refractivity contribution in [2.75, 3.05) is 26.8 Å². The fourth-order valence-electron chi connectivity index (χ4n) is 1.84. The van der Waals surface area contributed by atoms with Crippen LogP contribution in [-0.2, 0) is 0 Å². The first-order chi connectivity index (χ1) is 5.95. The van der Waals surface area contributed by atoms with Crippen LogP contribution in [0.2, 0.25) is 0 Å². The second kappa shape index (κ2) is 3.95. The summed E-state index contributed by atoms with van der Waals surface area (Å²) in [5.41, 5.74) is 5.89. The molecule has 0 saturated carbocycles. The zero-order valence-electron chi connectivity index (χ0n) is 9.38. The average molecular weight is 185 g/mol. The Balaban J connectivity index is 2.46. The van der Waals surface area contributed by atoms with Crippen molar-refractivity contribution in [3.63, 3.8) is 0 Å². The molecule has 1 rings (SSSR count). The molecule has 0 amide bonds. The second-order valence-electron chi connectivity index (χ2n) is 4.98. The maximum absolute atomic E-state index is 5.61. The first-order valence-electron chi connectivity index (χ1n) is 5.10. The monoisotopic (exact) mass is 185 g/mol. The molecule has 1 heterocycles. The van der Waals surface area contributed by atoms with Crippen LogP contribution in [0.3, 0.4) is 0 Å². The van der Waals surface area contributed by atoms with Gasteiger partial charge in [0.2, 0.25) is 0 Å². The van der Waals surface area contributed by atoms with Gasteiger partial charge in [0.15, 0.2) is 0 Å². The maximum Gasteiger partial charge on any atom is 0.0455 e. The minimum atomic E-state index is 0.273. The third-order valence-corrected chi connectivity index (χ3v) is 3.11. The number of nitrogens with zero attached hydrogens (tertiary/aromatic N) is 2. The molecule has 0 aromatic rings. The van der Waals surface area contributed by atoms with E-state index in [0.717, 1.165) is 13.1 Å². The van der Waals surface area contributed by atoms with Crippen molar-refractivity contribution in [2.24, 2.45) is 5.73 Å². The summed E-state index contributed by atoms with van der Waals surface area (Å²) in [5.74, 6) is 0. The zero-order valence-corrected chi connectivity index (χ0v) is 9.38. The fraction of sp³-hybridized carbons (Fsp3) is 1.00. The summed E-state index contributed by atoms with van der Waals surface area (Å²) in [6.07, 6.45) is 1.25. The van der Waals surface area contributed by atoms with Gasteiger partial charge in [-0.15, -0.1) is 0 Å². The summed E-state index contributed by atoms with van der Waals surface area (Å²) in [6.45, 7) is 9.77. The van der Waals surface area contributed by atoms with E-state index in [-0.39, 0.29) is 5.54 Å². The number of hydrogen-bond donors (Lipinski definition) is 1. The summed E-state index contributed by atoms with van der Waals surface area (Å²) in [5, 5.41) is 0. The molecular weight excluding hydrogens is 162 g/mol. The van der Waals surface area contributed by atoms with Crippen LogP contribution in [0.4, 0.5) is 0 Å². The Kier molecular flexibility index (Phi) is 3.33. The van der Waals surface area contributed by atoms with Gasteiger partial charge in [0.05, 0.1) is 0 Å². The standard InChI is InChI=1S/C10H23N3/c1-10(2,3)12(4)9-5-6-13(7-9)8-11/h9H,5-8,11H2,1-4H3/t9-/m0/s1. The molecule has 1 aliphatic rings. The van der Waals surface area contributed by atoms with Gasteiger partial charge in [-0.3, -0.25) is 9.80 Å². The summed E-state index contributed by atoms with van der Waals surface area (Å²) in [6, 6.07) is 0.684. The van der Waals surface area contributed by atoms with Crippen molar-refractivity contribution in [1.29, 1.82) is 0 Å². The van der Waals surface area contributed by atoms with Crippen LogP contribution in [-0.4, -0.2) is 48.2 Å². The maximum atomic E-state index is 5.61. The molecule has 0 aromatic carbocycles. The smallest absolute Gasteiger partial charge is 0.0455 e. The van der Waals surface area contributed by atoms with Crippen LogP contribution >= 0.6 is 0 Å². The van der Waals surface area contributed by atoms with E-state index in [1.54, 1.807) is 0 Å². The quantitative estimate of drug-likeness (QED) is 0.687. The minimum absolute atomic E-state index is 0.273. The van der Waals surface area contributed by atoms with Crippen molar-refractivity contribution in [1.82, 2.24) is 9.80 Å². The molecule has 13 heavy (non-hydrogen) atoms. The molecule has 78 valence electrons. The summed E-state index contributed by atoms with van der Waals surface area (Å²) < 4.78 is 0. The van der Waals surface area contributed by atoms with Gasteiger partial charge in [0.1, 0.15) is 0 Å². The van der Waals surface area contributed by atoms with Gasteiger partial charge in [-0.1, -0.05) is 0 Å². The highest BCUT2D eigenvalue weighted by Gasteiger charge is 2.30. The molecule has 0 bridgehead atoms. The van der Waals surface area contributed by atoms with Crippen LogP contribution < -0.4 is 5.73 Å². The van der Waals surface area contributed by atoms with E-state index in [4.69, 9.17) is 5.73 Å². The molecule has 0 unspecified atom stereocenters. The van der Waals surface area contributed by atoms with E-state index >= 15 is 0 Å². The lowest BCUT2D eigenvalue weighted by atomic mass is 10.0. The van der Waals surface area contributed by atoms with Crippen LogP contribution in [0.25, 0.3) is 0 Å². The van der Waals surface area contributed by atoms with Crippen LogP contribution in [0.5, 0.6) is 0 Å². The predicted molar refractivity (Wildman–Crippen MR) is 56.5 cm³/mol. The number of nitrogens with two attached hydrogens (primary N) is 1. The van der Waals surface area contributed by atoms with Gasteiger partial charge in [0.25, 0.3) is 0 Å². The van der Waals surface area contributed by atoms with E-state index in [1.165, 1.54) is 6.42 Å². The van der Waals surface area contributed by atoms with Crippen LogP contribution in [0.1, 0.15) is 27.2 Å². The number of likely N-dealkylation sites (N-methyl/N-ethyl adjacent to an activating group) is 1. The molecule has 1 aliphatic heterocycles. The SMILES string of the molecule is CN([C@H]1CCN(CN)C1)C(C)(C)C. The predicted octanol–water partition coefficient (Wildman–Crippen LogP) is 0.707. The van der Waals surface area contributed by atoms with Crippen molar-refractivity contribution in [3.8, 4) is 0 Å². The normalized spacial score (nSPS) is 25.8. The van der Waals surface area contributed by atoms with Crippen molar-refractivity contribution in [2.45, 2.75) is 38.8 Å². The van der Waals surface area contributed by atoms with E-state index in [2.05, 4.69) is 37.6 Å². The summed E-state index contributed by atoms with van der Waals surface area (Å²) >= 11 is 0. The first kappa shape index (κ1) is 11.0. The molecule has 1 atom stereocenters. The van der Waals surface area contributed by atoms with Gasteiger partial charge >= 0.3 is 0 Å². The fourth-order valence-corrected chi connectivity index (χ4v) is 1.84. The Hall–Kier alpha value is -0.120. The molecule has 1 fully saturated rings. The number of likely N-dealkylation sites (tertiary alicyclic amines) is 1. The molecule has 0 aliphatic carbocycles. The van der Waals surface area contributed by atoms with Gasteiger partial charge in [-0.2, -0.15) is 0 Å². The molecule has 3 nitrogen and oxygen atoms in total. The van der Waals surface area contributed by atoms with E-state index in [9.17, 15) is 0 Å². The highest BCUT2D eigenvalue weighted by atomic mass is 15.3. The molecular formula is C10H23N3. The first-order valence-corrected chi connectivity index (χ1v) is 5.10. The summed E-state index contributed by atoms with van der Waals surface area (Å²) in [7, 11) is 2.21. The van der Waals surface area contributed by atoms with E-state index < -0.39 is 0 Å². The topological polar surface area (TPSA) is 32.5 Å². The van der Waals surface area contributed by atoms with Gasteiger partial charge < -0.3 is 5.73 Å². The van der Waals surface area contributed by atoms with Crippen LogP contribution in [0, 0.1) is 0 Å². The average Bonchev–Trinajstić information content (AvgIpc) is 2.48. The lowest BCUT2D eigenvalue weighted by Gasteiger charge is -2.36. The molecule has 0 radical (unpaired) electrons. The number of rotatable bonds is 2. The van der Waals surface area contributed by atoms with Crippen LogP contribution in [0.15, 0.2) is 0 Å². The Morgan fingerprint density at radius 1 is 1.46 bits per heavy atom. The summed E-state index contributed by atoms with van der Waals surface area (Å²) in [4.78, 5) is 4.77. The van der Waals surface area contributed by atoms with Crippen molar-refractivity contribution in [3.05, 3.63) is 0 Å². The minimum Gasteiger partial charge on any atom is -0.318 e. The molecule has 3 heteroatoms. The number of hydrogen-bond acceptors (Lipinski definition) is 3. The molecule has 2 N–H and O–H groups in total. The molecule has 1 saturated heterocycles. The molecule has 0 spiro atoms. The van der Waals surface area contributed by atoms with E-state index in [1.807, 2.05) is 0 Å². The van der Waals surface area contributed by atoms with E-state index in [0.29, 0.717) is 12.7 Å². The lowest BCUT2D eigenvalue weighted by Crippen LogP contribution is -2.46. The second-order valence-corrected chi connectivity index (χ2v) is 4.98. The largest absolute Gasteiger partial charge is 0.318 e. The van der Waals surface area contributed by atoms with Crippen molar-refractivity contribution >= 4 is 0 Å². The highest BCUT2D eigenvalue weighted by Crippen LogP contribution is 2.20. The third-order valence-electron chi connectivity index (χ3n) is 3.11. The Morgan fingerprint density at radius 2 is 2.08 bits per heavy atom. The van der Waals surface area contributed by atoms with Gasteiger partial charge in [-0.25, -0.2) is 0 Å². The zero-order chi connectivity index (χ0) is 10.1. The van der Waals surface area contributed by atoms with Gasteiger partial charge in [-0.05, 0) is 34.2 Å². The highest BCUT2D eigenvalue weighted by molar-refractivity contribution is 4.86. The Labute approximate surface area is 81.9 Å². The van der Waals surface area contributed by atoms with Crippen molar-refractivity contribution < 1.29 is 0 Å². The lowest BCUT2D eigenvalue weighted by molar-refractivity contribution is 0.118. The third kappa shape index (κ3) is 2.66. The molecule has 0 aromatic heterocycles. The Bertz CT molecular complexity index is 162.